The van der Waals surface area contributed by atoms with Gasteiger partial charge in [0.2, 0.25) is 11.7 Å². The lowest BCUT2D eigenvalue weighted by Gasteiger charge is -2.06. The maximum absolute atomic E-state index is 6.01. The summed E-state index contributed by atoms with van der Waals surface area (Å²) >= 11 is 6.01. The number of ether oxygens (including phenoxy) is 1. The Kier molecular flexibility index (Phi) is 4.17. The molecule has 96 valence electrons. The zero-order valence-electron chi connectivity index (χ0n) is 10.0. The largest absolute Gasteiger partial charge is 0.484 e. The first-order valence-electron chi connectivity index (χ1n) is 5.59. The van der Waals surface area contributed by atoms with Crippen molar-refractivity contribution in [2.45, 2.75) is 20.0 Å². The SMILES string of the molecule is Cc1ccc(Cl)c(OCc2noc(CCN)n2)c1. The molecule has 0 saturated carbocycles. The molecule has 0 amide bonds. The van der Waals surface area contributed by atoms with Gasteiger partial charge in [0.15, 0.2) is 6.61 Å². The number of halogens is 1. The van der Waals surface area contributed by atoms with Crippen LogP contribution in [0.4, 0.5) is 0 Å². The Bertz CT molecular complexity index is 528. The van der Waals surface area contributed by atoms with E-state index in [9.17, 15) is 0 Å². The van der Waals surface area contributed by atoms with Crippen molar-refractivity contribution in [3.8, 4) is 5.75 Å². The number of nitrogens with two attached hydrogens (primary N) is 1. The van der Waals surface area contributed by atoms with E-state index < -0.39 is 0 Å². The zero-order chi connectivity index (χ0) is 13.0. The normalized spacial score (nSPS) is 10.6. The maximum atomic E-state index is 6.01. The molecule has 5 nitrogen and oxygen atoms in total. The van der Waals surface area contributed by atoms with Crippen molar-refractivity contribution >= 4 is 11.6 Å². The second-order valence-electron chi connectivity index (χ2n) is 3.87. The van der Waals surface area contributed by atoms with Gasteiger partial charge in [-0.15, -0.1) is 0 Å². The summed E-state index contributed by atoms with van der Waals surface area (Å²) in [6, 6.07) is 5.58. The average Bonchev–Trinajstić information content (AvgIpc) is 2.79. The molecule has 1 aromatic heterocycles. The van der Waals surface area contributed by atoms with Crippen LogP contribution in [-0.2, 0) is 13.0 Å². The third kappa shape index (κ3) is 3.21. The number of hydrogen-bond donors (Lipinski definition) is 1. The minimum absolute atomic E-state index is 0.219. The van der Waals surface area contributed by atoms with Crippen LogP contribution in [0.25, 0.3) is 0 Å². The van der Waals surface area contributed by atoms with Gasteiger partial charge in [0.1, 0.15) is 5.75 Å². The lowest BCUT2D eigenvalue weighted by Crippen LogP contribution is -2.03. The van der Waals surface area contributed by atoms with Crippen LogP contribution in [0, 0.1) is 6.92 Å². The molecule has 0 radical (unpaired) electrons. The number of rotatable bonds is 5. The minimum atomic E-state index is 0.219. The molecule has 0 bridgehead atoms. The standard InChI is InChI=1S/C12H14ClN3O2/c1-8-2-3-9(13)10(6-8)17-7-11-15-12(4-5-14)18-16-11/h2-3,6H,4-5,7,14H2,1H3. The summed E-state index contributed by atoms with van der Waals surface area (Å²) in [5.74, 6) is 1.62. The van der Waals surface area contributed by atoms with E-state index >= 15 is 0 Å². The van der Waals surface area contributed by atoms with Gasteiger partial charge in [0.05, 0.1) is 5.02 Å². The smallest absolute Gasteiger partial charge is 0.228 e. The number of aryl methyl sites for hydroxylation is 1. The number of nitrogens with zero attached hydrogens (tertiary/aromatic N) is 2. The highest BCUT2D eigenvalue weighted by molar-refractivity contribution is 6.32. The monoisotopic (exact) mass is 267 g/mol. The Hall–Kier alpha value is -1.59. The molecule has 0 unspecified atom stereocenters. The molecule has 2 rings (SSSR count). The Labute approximate surface area is 110 Å². The predicted molar refractivity (Wildman–Crippen MR) is 67.6 cm³/mol. The van der Waals surface area contributed by atoms with Crippen molar-refractivity contribution in [2.75, 3.05) is 6.54 Å². The number of aromatic nitrogens is 2. The summed E-state index contributed by atoms with van der Waals surface area (Å²) in [6.07, 6.45) is 0.568. The van der Waals surface area contributed by atoms with Gasteiger partial charge in [-0.3, -0.25) is 0 Å². The molecule has 0 spiro atoms. The van der Waals surface area contributed by atoms with E-state index in [0.717, 1.165) is 5.56 Å². The summed E-state index contributed by atoms with van der Waals surface area (Å²) < 4.78 is 10.5. The molecule has 0 aliphatic rings. The van der Waals surface area contributed by atoms with Crippen molar-refractivity contribution < 1.29 is 9.26 Å². The molecule has 0 fully saturated rings. The third-order valence-electron chi connectivity index (χ3n) is 2.31. The molecule has 1 heterocycles. The fraction of sp³-hybridized carbons (Fsp3) is 0.333. The molecule has 1 aromatic carbocycles. The van der Waals surface area contributed by atoms with Crippen molar-refractivity contribution in [3.63, 3.8) is 0 Å². The quantitative estimate of drug-likeness (QED) is 0.898. The second-order valence-corrected chi connectivity index (χ2v) is 4.27. The summed E-state index contributed by atoms with van der Waals surface area (Å²) in [4.78, 5) is 4.14. The van der Waals surface area contributed by atoms with Crippen LogP contribution in [-0.4, -0.2) is 16.7 Å². The maximum Gasteiger partial charge on any atom is 0.228 e. The van der Waals surface area contributed by atoms with Gasteiger partial charge in [0, 0.05) is 13.0 Å². The number of benzene rings is 1. The Morgan fingerprint density at radius 3 is 3.06 bits per heavy atom. The summed E-state index contributed by atoms with van der Waals surface area (Å²) in [5.41, 5.74) is 6.47. The van der Waals surface area contributed by atoms with Gasteiger partial charge >= 0.3 is 0 Å². The molecular formula is C12H14ClN3O2. The fourth-order valence-electron chi connectivity index (χ4n) is 1.44. The van der Waals surface area contributed by atoms with Crippen molar-refractivity contribution in [1.82, 2.24) is 10.1 Å². The van der Waals surface area contributed by atoms with E-state index in [1.807, 2.05) is 19.1 Å². The van der Waals surface area contributed by atoms with Crippen molar-refractivity contribution in [2.24, 2.45) is 5.73 Å². The Morgan fingerprint density at radius 1 is 1.44 bits per heavy atom. The van der Waals surface area contributed by atoms with Crippen LogP contribution in [0.1, 0.15) is 17.3 Å². The van der Waals surface area contributed by atoms with Gasteiger partial charge < -0.3 is 15.0 Å². The molecule has 2 N–H and O–H groups in total. The van der Waals surface area contributed by atoms with Gasteiger partial charge in [-0.05, 0) is 24.6 Å². The van der Waals surface area contributed by atoms with Crippen molar-refractivity contribution in [1.29, 1.82) is 0 Å². The molecular weight excluding hydrogens is 254 g/mol. The molecule has 6 heteroatoms. The van der Waals surface area contributed by atoms with Crippen LogP contribution in [0.15, 0.2) is 22.7 Å². The van der Waals surface area contributed by atoms with Crippen LogP contribution in [0.5, 0.6) is 5.75 Å². The Morgan fingerprint density at radius 2 is 2.28 bits per heavy atom. The molecule has 0 aliphatic carbocycles. The van der Waals surface area contributed by atoms with E-state index in [1.165, 1.54) is 0 Å². The predicted octanol–water partition coefficient (Wildman–Crippen LogP) is 2.11. The van der Waals surface area contributed by atoms with E-state index in [0.29, 0.717) is 35.5 Å². The Balaban J connectivity index is 1.99. The van der Waals surface area contributed by atoms with Crippen LogP contribution < -0.4 is 10.5 Å². The summed E-state index contributed by atoms with van der Waals surface area (Å²) in [6.45, 7) is 2.67. The first-order chi connectivity index (χ1) is 8.69. The molecule has 0 saturated heterocycles. The highest BCUT2D eigenvalue weighted by Crippen LogP contribution is 2.25. The van der Waals surface area contributed by atoms with Crippen LogP contribution in [0.2, 0.25) is 5.02 Å². The third-order valence-corrected chi connectivity index (χ3v) is 2.62. The van der Waals surface area contributed by atoms with Gasteiger partial charge in [0.25, 0.3) is 0 Å². The van der Waals surface area contributed by atoms with Crippen molar-refractivity contribution in [3.05, 3.63) is 40.5 Å². The molecule has 18 heavy (non-hydrogen) atoms. The average molecular weight is 268 g/mol. The number of hydrogen-bond acceptors (Lipinski definition) is 5. The zero-order valence-corrected chi connectivity index (χ0v) is 10.8. The topological polar surface area (TPSA) is 74.2 Å². The molecule has 0 atom stereocenters. The van der Waals surface area contributed by atoms with Gasteiger partial charge in [-0.2, -0.15) is 4.98 Å². The highest BCUT2D eigenvalue weighted by Gasteiger charge is 2.08. The van der Waals surface area contributed by atoms with Gasteiger partial charge in [-0.1, -0.05) is 22.8 Å². The van der Waals surface area contributed by atoms with Crippen LogP contribution >= 0.6 is 11.6 Å². The molecule has 0 aliphatic heterocycles. The minimum Gasteiger partial charge on any atom is -0.484 e. The second kappa shape index (κ2) is 5.84. The van der Waals surface area contributed by atoms with E-state index in [2.05, 4.69) is 10.1 Å². The van der Waals surface area contributed by atoms with E-state index in [-0.39, 0.29) is 6.61 Å². The lowest BCUT2D eigenvalue weighted by atomic mass is 10.2. The van der Waals surface area contributed by atoms with Crippen LogP contribution in [0.3, 0.4) is 0 Å². The lowest BCUT2D eigenvalue weighted by molar-refractivity contribution is 0.285. The summed E-state index contributed by atoms with van der Waals surface area (Å²) in [5, 5.41) is 4.35. The van der Waals surface area contributed by atoms with Gasteiger partial charge in [-0.25, -0.2) is 0 Å². The van der Waals surface area contributed by atoms with E-state index in [4.69, 9.17) is 26.6 Å². The first kappa shape index (κ1) is 12.9. The van der Waals surface area contributed by atoms with E-state index in [1.54, 1.807) is 6.07 Å². The first-order valence-corrected chi connectivity index (χ1v) is 5.97. The molecule has 2 aromatic rings. The fourth-order valence-corrected chi connectivity index (χ4v) is 1.61. The summed E-state index contributed by atoms with van der Waals surface area (Å²) in [7, 11) is 0. The highest BCUT2D eigenvalue weighted by atomic mass is 35.5.